The largest absolute Gasteiger partial charge is 0.348 e. The number of aryl methyl sites for hydroxylation is 2. The van der Waals surface area contributed by atoms with Gasteiger partial charge in [-0.15, -0.1) is 0 Å². The van der Waals surface area contributed by atoms with E-state index in [2.05, 4.69) is 5.32 Å². The molecule has 0 aliphatic rings. The van der Waals surface area contributed by atoms with E-state index in [1.54, 1.807) is 0 Å². The van der Waals surface area contributed by atoms with E-state index in [0.29, 0.717) is 5.02 Å². The summed E-state index contributed by atoms with van der Waals surface area (Å²) in [6.07, 6.45) is 1.05. The molecule has 2 atom stereocenters. The molecule has 0 heterocycles. The van der Waals surface area contributed by atoms with E-state index in [4.69, 9.17) is 23.2 Å². The Balaban J connectivity index is 2.29. The number of amides is 1. The Labute approximate surface area is 176 Å². The third-order valence-electron chi connectivity index (χ3n) is 4.50. The van der Waals surface area contributed by atoms with Crippen molar-refractivity contribution in [1.82, 2.24) is 5.32 Å². The van der Waals surface area contributed by atoms with Gasteiger partial charge in [0.15, 0.2) is 0 Å². The lowest BCUT2D eigenvalue weighted by Gasteiger charge is -2.29. The number of rotatable bonds is 6. The van der Waals surface area contributed by atoms with Crippen LogP contribution in [0.2, 0.25) is 10.0 Å². The van der Waals surface area contributed by atoms with Gasteiger partial charge >= 0.3 is 0 Å². The van der Waals surface area contributed by atoms with E-state index >= 15 is 0 Å². The molecule has 2 aromatic rings. The van der Waals surface area contributed by atoms with E-state index in [-0.39, 0.29) is 16.8 Å². The van der Waals surface area contributed by atoms with Crippen molar-refractivity contribution in [3.8, 4) is 0 Å². The van der Waals surface area contributed by atoms with Gasteiger partial charge in [0.1, 0.15) is 6.04 Å². The highest BCUT2D eigenvalue weighted by Crippen LogP contribution is 2.30. The number of hydrogen-bond donors (Lipinski definition) is 1. The smallest absolute Gasteiger partial charge is 0.244 e. The Hall–Kier alpha value is -1.76. The van der Waals surface area contributed by atoms with Gasteiger partial charge in [0.05, 0.1) is 28.0 Å². The highest BCUT2D eigenvalue weighted by atomic mass is 35.5. The van der Waals surface area contributed by atoms with E-state index in [1.807, 2.05) is 39.0 Å². The summed E-state index contributed by atoms with van der Waals surface area (Å²) < 4.78 is 25.8. The van der Waals surface area contributed by atoms with Crippen LogP contribution in [0.25, 0.3) is 0 Å². The third kappa shape index (κ3) is 5.19. The maximum absolute atomic E-state index is 12.8. The van der Waals surface area contributed by atoms with Crippen LogP contribution < -0.4 is 9.62 Å². The number of hydrogen-bond acceptors (Lipinski definition) is 3. The van der Waals surface area contributed by atoms with Crippen molar-refractivity contribution in [3.63, 3.8) is 0 Å². The Morgan fingerprint density at radius 2 is 1.68 bits per heavy atom. The van der Waals surface area contributed by atoms with E-state index < -0.39 is 22.0 Å². The van der Waals surface area contributed by atoms with E-state index in [9.17, 15) is 13.2 Å². The molecule has 2 rings (SSSR count). The molecule has 0 bridgehead atoms. The van der Waals surface area contributed by atoms with Crippen molar-refractivity contribution in [2.45, 2.75) is 39.8 Å². The number of anilines is 1. The summed E-state index contributed by atoms with van der Waals surface area (Å²) >= 11 is 12.0. The predicted molar refractivity (Wildman–Crippen MR) is 116 cm³/mol. The number of halogens is 2. The molecule has 0 aliphatic carbocycles. The third-order valence-corrected chi connectivity index (χ3v) is 6.48. The lowest BCUT2D eigenvalue weighted by molar-refractivity contribution is -0.122. The van der Waals surface area contributed by atoms with Crippen LogP contribution in [-0.4, -0.2) is 26.6 Å². The minimum absolute atomic E-state index is 0.212. The standard InChI is InChI=1S/C20H24Cl2N2O3S/c1-12-6-8-17(13(2)10-12)14(3)23-20(25)15(4)24(28(5,26)27)16-7-9-18(21)19(22)11-16/h6-11,14-15H,1-5H3,(H,23,25). The zero-order valence-electron chi connectivity index (χ0n) is 16.5. The van der Waals surface area contributed by atoms with Crippen molar-refractivity contribution in [3.05, 3.63) is 63.1 Å². The van der Waals surface area contributed by atoms with Crippen LogP contribution in [0.15, 0.2) is 36.4 Å². The topological polar surface area (TPSA) is 66.5 Å². The first-order chi connectivity index (χ1) is 12.9. The molecule has 0 saturated carbocycles. The molecule has 28 heavy (non-hydrogen) atoms. The normalized spacial score (nSPS) is 13.7. The van der Waals surface area contributed by atoms with Gasteiger partial charge in [-0.3, -0.25) is 9.10 Å². The Bertz CT molecular complexity index is 993. The highest BCUT2D eigenvalue weighted by Gasteiger charge is 2.30. The number of nitrogens with zero attached hydrogens (tertiary/aromatic N) is 1. The average molecular weight is 443 g/mol. The summed E-state index contributed by atoms with van der Waals surface area (Å²) in [6.45, 7) is 7.39. The first-order valence-electron chi connectivity index (χ1n) is 8.73. The van der Waals surface area contributed by atoms with Gasteiger partial charge < -0.3 is 5.32 Å². The number of carbonyl (C=O) groups excluding carboxylic acids is 1. The van der Waals surface area contributed by atoms with Gasteiger partial charge in [0, 0.05) is 0 Å². The summed E-state index contributed by atoms with van der Waals surface area (Å²) in [5.74, 6) is -0.413. The van der Waals surface area contributed by atoms with Crippen LogP contribution in [0.5, 0.6) is 0 Å². The van der Waals surface area contributed by atoms with Crippen LogP contribution in [0.1, 0.15) is 36.6 Å². The zero-order chi connectivity index (χ0) is 21.2. The molecular formula is C20H24Cl2N2O3S. The van der Waals surface area contributed by atoms with Crippen molar-refractivity contribution in [2.24, 2.45) is 0 Å². The second-order valence-electron chi connectivity index (χ2n) is 6.92. The summed E-state index contributed by atoms with van der Waals surface area (Å²) in [6, 6.07) is 9.20. The molecular weight excluding hydrogens is 419 g/mol. The maximum Gasteiger partial charge on any atom is 0.244 e. The van der Waals surface area contributed by atoms with Gasteiger partial charge in [-0.05, 0) is 57.0 Å². The fraction of sp³-hybridized carbons (Fsp3) is 0.350. The van der Waals surface area contributed by atoms with E-state index in [1.165, 1.54) is 25.1 Å². The SMILES string of the molecule is Cc1ccc(C(C)NC(=O)C(C)N(c2ccc(Cl)c(Cl)c2)S(C)(=O)=O)c(C)c1. The summed E-state index contributed by atoms with van der Waals surface area (Å²) in [7, 11) is -3.74. The number of carbonyl (C=O) groups is 1. The molecule has 5 nitrogen and oxygen atoms in total. The molecule has 0 fully saturated rings. The van der Waals surface area contributed by atoms with Gasteiger partial charge in [-0.2, -0.15) is 0 Å². The summed E-state index contributed by atoms with van der Waals surface area (Å²) in [5, 5.41) is 3.42. The Morgan fingerprint density at radius 1 is 1.04 bits per heavy atom. The first kappa shape index (κ1) is 22.5. The van der Waals surface area contributed by atoms with Crippen LogP contribution in [0.3, 0.4) is 0 Å². The maximum atomic E-state index is 12.8. The molecule has 0 saturated heterocycles. The lowest BCUT2D eigenvalue weighted by Crippen LogP contribution is -2.48. The van der Waals surface area contributed by atoms with Crippen LogP contribution in [-0.2, 0) is 14.8 Å². The first-order valence-corrected chi connectivity index (χ1v) is 11.3. The Morgan fingerprint density at radius 3 is 2.21 bits per heavy atom. The van der Waals surface area contributed by atoms with Crippen molar-refractivity contribution in [1.29, 1.82) is 0 Å². The molecule has 2 aromatic carbocycles. The second-order valence-corrected chi connectivity index (χ2v) is 9.60. The number of benzene rings is 2. The monoisotopic (exact) mass is 442 g/mol. The van der Waals surface area contributed by atoms with Crippen molar-refractivity contribution >= 4 is 44.8 Å². The minimum atomic E-state index is -3.74. The molecule has 1 N–H and O–H groups in total. The van der Waals surface area contributed by atoms with Gasteiger partial charge in [-0.25, -0.2) is 8.42 Å². The van der Waals surface area contributed by atoms with Crippen molar-refractivity contribution in [2.75, 3.05) is 10.6 Å². The molecule has 0 spiro atoms. The molecule has 152 valence electrons. The lowest BCUT2D eigenvalue weighted by atomic mass is 10.00. The van der Waals surface area contributed by atoms with Gasteiger partial charge in [0.25, 0.3) is 0 Å². The summed E-state index contributed by atoms with van der Waals surface area (Å²) in [5.41, 5.74) is 3.45. The van der Waals surface area contributed by atoms with Gasteiger partial charge in [-0.1, -0.05) is 47.0 Å². The minimum Gasteiger partial charge on any atom is -0.348 e. The average Bonchev–Trinajstić information content (AvgIpc) is 2.56. The fourth-order valence-corrected chi connectivity index (χ4v) is 4.61. The zero-order valence-corrected chi connectivity index (χ0v) is 18.8. The molecule has 8 heteroatoms. The molecule has 0 aliphatic heterocycles. The van der Waals surface area contributed by atoms with Crippen LogP contribution in [0, 0.1) is 13.8 Å². The Kier molecular flexibility index (Phi) is 7.02. The van der Waals surface area contributed by atoms with Crippen LogP contribution in [0.4, 0.5) is 5.69 Å². The molecule has 2 unspecified atom stereocenters. The quantitative estimate of drug-likeness (QED) is 0.707. The van der Waals surface area contributed by atoms with Gasteiger partial charge in [0.2, 0.25) is 15.9 Å². The predicted octanol–water partition coefficient (Wildman–Crippen LogP) is 4.64. The van der Waals surface area contributed by atoms with Crippen molar-refractivity contribution < 1.29 is 13.2 Å². The van der Waals surface area contributed by atoms with Crippen LogP contribution >= 0.6 is 23.2 Å². The second kappa shape index (κ2) is 8.72. The number of nitrogens with one attached hydrogen (secondary N) is 1. The highest BCUT2D eigenvalue weighted by molar-refractivity contribution is 7.92. The summed E-state index contributed by atoms with van der Waals surface area (Å²) in [4.78, 5) is 12.8. The number of sulfonamides is 1. The molecule has 0 aromatic heterocycles. The molecule has 0 radical (unpaired) electrons. The van der Waals surface area contributed by atoms with E-state index in [0.717, 1.165) is 27.3 Å². The fourth-order valence-electron chi connectivity index (χ4n) is 3.15. The molecule has 1 amide bonds.